The van der Waals surface area contributed by atoms with Crippen LogP contribution >= 0.6 is 0 Å². The number of sulfonamides is 1. The molecule has 0 saturated carbocycles. The third-order valence-corrected chi connectivity index (χ3v) is 3.79. The average molecular weight is 284 g/mol. The van der Waals surface area contributed by atoms with Gasteiger partial charge in [0.25, 0.3) is 0 Å². The fourth-order valence-electron chi connectivity index (χ4n) is 1.75. The van der Waals surface area contributed by atoms with Crippen LogP contribution in [0.2, 0.25) is 0 Å². The maximum Gasteiger partial charge on any atom is 0.238 e. The van der Waals surface area contributed by atoms with E-state index in [0.29, 0.717) is 24.1 Å². The summed E-state index contributed by atoms with van der Waals surface area (Å²) < 4.78 is 23.0. The Morgan fingerprint density at radius 2 is 2.00 bits per heavy atom. The van der Waals surface area contributed by atoms with Gasteiger partial charge < -0.3 is 5.32 Å². The van der Waals surface area contributed by atoms with E-state index < -0.39 is 10.0 Å². The van der Waals surface area contributed by atoms with Crippen molar-refractivity contribution in [2.45, 2.75) is 44.4 Å². The molecule has 0 bridgehead atoms. The number of hydrogen-bond acceptors (Lipinski definition) is 3. The van der Waals surface area contributed by atoms with Crippen molar-refractivity contribution in [1.29, 1.82) is 0 Å². The smallest absolute Gasteiger partial charge is 0.238 e. The van der Waals surface area contributed by atoms with Crippen LogP contribution in [0, 0.1) is 0 Å². The average Bonchev–Trinajstić information content (AvgIpc) is 2.35. The number of carbonyl (C=O) groups excluding carboxylic acids is 1. The number of amides is 1. The molecule has 6 heteroatoms. The molecule has 0 heterocycles. The van der Waals surface area contributed by atoms with Gasteiger partial charge in [-0.3, -0.25) is 4.79 Å². The van der Waals surface area contributed by atoms with Crippen molar-refractivity contribution < 1.29 is 13.2 Å². The Kier molecular flexibility index (Phi) is 5.50. The topological polar surface area (TPSA) is 89.3 Å². The third kappa shape index (κ3) is 4.65. The molecule has 1 amide bonds. The van der Waals surface area contributed by atoms with Crippen molar-refractivity contribution in [3.8, 4) is 0 Å². The quantitative estimate of drug-likeness (QED) is 0.837. The van der Waals surface area contributed by atoms with Crippen molar-refractivity contribution in [3.63, 3.8) is 0 Å². The number of hydrogen-bond donors (Lipinski definition) is 2. The number of rotatable bonds is 6. The van der Waals surface area contributed by atoms with Gasteiger partial charge in [0.15, 0.2) is 0 Å². The summed E-state index contributed by atoms with van der Waals surface area (Å²) in [5.74, 6) is -0.119. The lowest BCUT2D eigenvalue weighted by Crippen LogP contribution is -2.16. The molecule has 0 spiro atoms. The second-order valence-electron chi connectivity index (χ2n) is 4.37. The zero-order chi connectivity index (χ0) is 14.5. The summed E-state index contributed by atoms with van der Waals surface area (Å²) in [4.78, 5) is 11.7. The van der Waals surface area contributed by atoms with Gasteiger partial charge in [-0.25, -0.2) is 13.6 Å². The number of primary sulfonamides is 1. The van der Waals surface area contributed by atoms with Crippen LogP contribution < -0.4 is 10.5 Å². The number of anilines is 1. The highest BCUT2D eigenvalue weighted by Crippen LogP contribution is 2.20. The van der Waals surface area contributed by atoms with E-state index in [1.54, 1.807) is 12.1 Å². The summed E-state index contributed by atoms with van der Waals surface area (Å²) in [6, 6.07) is 4.78. The Balaban J connectivity index is 2.96. The van der Waals surface area contributed by atoms with E-state index >= 15 is 0 Å². The Bertz CT molecular complexity index is 553. The molecule has 0 saturated heterocycles. The van der Waals surface area contributed by atoms with Crippen LogP contribution in [0.3, 0.4) is 0 Å². The molecule has 1 aromatic carbocycles. The van der Waals surface area contributed by atoms with Crippen LogP contribution in [0.4, 0.5) is 5.69 Å². The Morgan fingerprint density at radius 1 is 1.32 bits per heavy atom. The minimum absolute atomic E-state index is 0.0725. The second kappa shape index (κ2) is 6.68. The molecule has 5 nitrogen and oxygen atoms in total. The number of nitrogens with two attached hydrogens (primary N) is 1. The highest BCUT2D eigenvalue weighted by molar-refractivity contribution is 7.89. The van der Waals surface area contributed by atoms with Gasteiger partial charge in [-0.2, -0.15) is 0 Å². The summed E-state index contributed by atoms with van der Waals surface area (Å²) in [5.41, 5.74) is 1.11. The molecular weight excluding hydrogens is 264 g/mol. The highest BCUT2D eigenvalue weighted by Gasteiger charge is 2.14. The van der Waals surface area contributed by atoms with Crippen molar-refractivity contribution in [1.82, 2.24) is 0 Å². The lowest BCUT2D eigenvalue weighted by Gasteiger charge is -2.10. The largest absolute Gasteiger partial charge is 0.326 e. The monoisotopic (exact) mass is 284 g/mol. The van der Waals surface area contributed by atoms with Crippen molar-refractivity contribution in [2.75, 3.05) is 5.32 Å². The Morgan fingerprint density at radius 3 is 2.53 bits per heavy atom. The maximum absolute atomic E-state index is 11.6. The molecule has 0 fully saturated rings. The number of carbonyl (C=O) groups is 1. The predicted octanol–water partition coefficient (Wildman–Crippen LogP) is 2.03. The van der Waals surface area contributed by atoms with Crippen LogP contribution in [-0.4, -0.2) is 14.3 Å². The van der Waals surface area contributed by atoms with Gasteiger partial charge in [-0.15, -0.1) is 0 Å². The number of aryl methyl sites for hydroxylation is 1. The third-order valence-electron chi connectivity index (χ3n) is 2.80. The van der Waals surface area contributed by atoms with E-state index in [4.69, 9.17) is 5.14 Å². The van der Waals surface area contributed by atoms with Crippen LogP contribution in [0.15, 0.2) is 23.1 Å². The maximum atomic E-state index is 11.6. The summed E-state index contributed by atoms with van der Waals surface area (Å²) in [6.07, 6.45) is 2.73. The standard InChI is InChI=1S/C13H20N2O3S/c1-3-5-6-13(16)15-11-8-7-10(4-2)12(9-11)19(14,17)18/h7-9H,3-6H2,1-2H3,(H,15,16)(H2,14,17,18). The molecule has 0 radical (unpaired) electrons. The SMILES string of the molecule is CCCCC(=O)Nc1ccc(CC)c(S(N)(=O)=O)c1. The van der Waals surface area contributed by atoms with Crippen molar-refractivity contribution >= 4 is 21.6 Å². The fraction of sp³-hybridized carbons (Fsp3) is 0.462. The second-order valence-corrected chi connectivity index (χ2v) is 5.90. The molecule has 1 aromatic rings. The van der Waals surface area contributed by atoms with Crippen LogP contribution in [0.25, 0.3) is 0 Å². The van der Waals surface area contributed by atoms with Gasteiger partial charge in [0.2, 0.25) is 15.9 Å². The molecule has 106 valence electrons. The molecule has 0 unspecified atom stereocenters. The van der Waals surface area contributed by atoms with Crippen LogP contribution in [0.5, 0.6) is 0 Å². The van der Waals surface area contributed by atoms with E-state index in [0.717, 1.165) is 12.8 Å². The molecule has 3 N–H and O–H groups in total. The van der Waals surface area contributed by atoms with Gasteiger partial charge in [-0.1, -0.05) is 26.3 Å². The van der Waals surface area contributed by atoms with Crippen LogP contribution in [-0.2, 0) is 21.2 Å². The lowest BCUT2D eigenvalue weighted by molar-refractivity contribution is -0.116. The number of benzene rings is 1. The predicted molar refractivity (Wildman–Crippen MR) is 75.3 cm³/mol. The van der Waals surface area contributed by atoms with E-state index in [1.807, 2.05) is 13.8 Å². The van der Waals surface area contributed by atoms with E-state index in [-0.39, 0.29) is 10.8 Å². The fourth-order valence-corrected chi connectivity index (χ4v) is 2.62. The molecule has 0 aliphatic carbocycles. The molecular formula is C13H20N2O3S. The van der Waals surface area contributed by atoms with E-state index in [1.165, 1.54) is 6.07 Å². The van der Waals surface area contributed by atoms with E-state index in [9.17, 15) is 13.2 Å². The van der Waals surface area contributed by atoms with Gasteiger partial charge in [0, 0.05) is 12.1 Å². The van der Waals surface area contributed by atoms with Crippen molar-refractivity contribution in [2.24, 2.45) is 5.14 Å². The zero-order valence-electron chi connectivity index (χ0n) is 11.3. The van der Waals surface area contributed by atoms with Crippen molar-refractivity contribution in [3.05, 3.63) is 23.8 Å². The Hall–Kier alpha value is -1.40. The first-order chi connectivity index (χ1) is 8.88. The Labute approximate surface area is 114 Å². The molecule has 0 atom stereocenters. The number of nitrogens with one attached hydrogen (secondary N) is 1. The van der Waals surface area contributed by atoms with E-state index in [2.05, 4.69) is 5.32 Å². The summed E-state index contributed by atoms with van der Waals surface area (Å²) in [7, 11) is -3.77. The lowest BCUT2D eigenvalue weighted by atomic mass is 10.1. The van der Waals surface area contributed by atoms with Gasteiger partial charge >= 0.3 is 0 Å². The highest BCUT2D eigenvalue weighted by atomic mass is 32.2. The zero-order valence-corrected chi connectivity index (χ0v) is 12.1. The van der Waals surface area contributed by atoms with Gasteiger partial charge in [0.1, 0.15) is 0 Å². The molecule has 19 heavy (non-hydrogen) atoms. The molecule has 0 aliphatic rings. The van der Waals surface area contributed by atoms with Gasteiger partial charge in [0.05, 0.1) is 4.90 Å². The minimum atomic E-state index is -3.77. The number of unbranched alkanes of at least 4 members (excludes halogenated alkanes) is 1. The van der Waals surface area contributed by atoms with Gasteiger partial charge in [-0.05, 0) is 30.5 Å². The summed E-state index contributed by atoms with van der Waals surface area (Å²) in [5, 5.41) is 7.85. The summed E-state index contributed by atoms with van der Waals surface area (Å²) in [6.45, 7) is 3.85. The first-order valence-electron chi connectivity index (χ1n) is 6.34. The molecule has 0 aromatic heterocycles. The minimum Gasteiger partial charge on any atom is -0.326 e. The molecule has 1 rings (SSSR count). The normalized spacial score (nSPS) is 11.3. The summed E-state index contributed by atoms with van der Waals surface area (Å²) >= 11 is 0. The first kappa shape index (κ1) is 15.7. The van der Waals surface area contributed by atoms with Crippen LogP contribution in [0.1, 0.15) is 38.7 Å². The molecule has 0 aliphatic heterocycles. The first-order valence-corrected chi connectivity index (χ1v) is 7.88.